The maximum Gasteiger partial charge on any atom is 0.234 e. The standard InChI is InChI=1S/C12H19N3O2/c13-5-1-2-8-6-10(16)4-3-9(8)7-11(14)12(15)17/h3-4,6,11,16H,1-2,5,7,13-14H2,(H2,15,17)/t11-/m0/s1. The van der Waals surface area contributed by atoms with Gasteiger partial charge in [0.05, 0.1) is 6.04 Å². The molecule has 0 saturated carbocycles. The average molecular weight is 237 g/mol. The smallest absolute Gasteiger partial charge is 0.234 e. The monoisotopic (exact) mass is 237 g/mol. The van der Waals surface area contributed by atoms with Gasteiger partial charge in [-0.15, -0.1) is 0 Å². The normalized spacial score (nSPS) is 12.4. The van der Waals surface area contributed by atoms with Crippen LogP contribution < -0.4 is 17.2 Å². The summed E-state index contributed by atoms with van der Waals surface area (Å²) in [6, 6.07) is 4.33. The Kier molecular flexibility index (Phi) is 4.93. The lowest BCUT2D eigenvalue weighted by atomic mass is 9.97. The second kappa shape index (κ2) is 6.22. The second-order valence-corrected chi connectivity index (χ2v) is 4.06. The predicted molar refractivity (Wildman–Crippen MR) is 66.4 cm³/mol. The van der Waals surface area contributed by atoms with E-state index in [0.717, 1.165) is 24.0 Å². The van der Waals surface area contributed by atoms with Crippen LogP contribution >= 0.6 is 0 Å². The van der Waals surface area contributed by atoms with Crippen LogP contribution in [0.2, 0.25) is 0 Å². The number of aromatic hydroxyl groups is 1. The van der Waals surface area contributed by atoms with Gasteiger partial charge in [-0.1, -0.05) is 6.07 Å². The maximum atomic E-state index is 10.9. The van der Waals surface area contributed by atoms with Gasteiger partial charge < -0.3 is 22.3 Å². The number of nitrogens with two attached hydrogens (primary N) is 3. The molecule has 7 N–H and O–H groups in total. The lowest BCUT2D eigenvalue weighted by molar-refractivity contribution is -0.119. The Morgan fingerprint density at radius 1 is 1.35 bits per heavy atom. The molecule has 0 aliphatic carbocycles. The fourth-order valence-electron chi connectivity index (χ4n) is 1.67. The van der Waals surface area contributed by atoms with Gasteiger partial charge in [0.15, 0.2) is 0 Å². The summed E-state index contributed by atoms with van der Waals surface area (Å²) >= 11 is 0. The molecule has 0 radical (unpaired) electrons. The number of hydrogen-bond acceptors (Lipinski definition) is 4. The molecule has 1 aromatic carbocycles. The third kappa shape index (κ3) is 4.05. The van der Waals surface area contributed by atoms with Crippen LogP contribution in [0.5, 0.6) is 5.75 Å². The number of phenolic OH excluding ortho intramolecular Hbond substituents is 1. The van der Waals surface area contributed by atoms with Crippen molar-refractivity contribution >= 4 is 5.91 Å². The van der Waals surface area contributed by atoms with Crippen molar-refractivity contribution in [1.82, 2.24) is 0 Å². The Morgan fingerprint density at radius 2 is 2.06 bits per heavy atom. The minimum absolute atomic E-state index is 0.202. The number of benzene rings is 1. The molecule has 94 valence electrons. The van der Waals surface area contributed by atoms with E-state index in [9.17, 15) is 9.90 Å². The van der Waals surface area contributed by atoms with Gasteiger partial charge in [0.25, 0.3) is 0 Å². The lowest BCUT2D eigenvalue weighted by Crippen LogP contribution is -2.38. The SMILES string of the molecule is NCCCc1cc(O)ccc1C[C@H](N)C(N)=O. The van der Waals surface area contributed by atoms with E-state index >= 15 is 0 Å². The highest BCUT2D eigenvalue weighted by Gasteiger charge is 2.13. The number of rotatable bonds is 6. The van der Waals surface area contributed by atoms with Gasteiger partial charge in [-0.2, -0.15) is 0 Å². The van der Waals surface area contributed by atoms with Crippen molar-refractivity contribution in [1.29, 1.82) is 0 Å². The maximum absolute atomic E-state index is 10.9. The largest absolute Gasteiger partial charge is 0.508 e. The van der Waals surface area contributed by atoms with E-state index in [0.29, 0.717) is 13.0 Å². The first-order valence-electron chi connectivity index (χ1n) is 5.60. The number of phenols is 1. The van der Waals surface area contributed by atoms with Crippen LogP contribution in [-0.2, 0) is 17.6 Å². The molecule has 0 aliphatic heterocycles. The van der Waals surface area contributed by atoms with Crippen molar-refractivity contribution in [2.24, 2.45) is 17.2 Å². The Labute approximate surface area is 101 Å². The average Bonchev–Trinajstić information content (AvgIpc) is 2.29. The van der Waals surface area contributed by atoms with Crippen molar-refractivity contribution in [3.8, 4) is 5.75 Å². The Balaban J connectivity index is 2.85. The van der Waals surface area contributed by atoms with Crippen LogP contribution in [0.3, 0.4) is 0 Å². The molecule has 0 spiro atoms. The highest BCUT2D eigenvalue weighted by Crippen LogP contribution is 2.19. The van der Waals surface area contributed by atoms with Gasteiger partial charge in [-0.3, -0.25) is 4.79 Å². The number of hydrogen-bond donors (Lipinski definition) is 4. The topological polar surface area (TPSA) is 115 Å². The van der Waals surface area contributed by atoms with Crippen LogP contribution in [0, 0.1) is 0 Å². The summed E-state index contributed by atoms with van der Waals surface area (Å²) < 4.78 is 0. The zero-order valence-corrected chi connectivity index (χ0v) is 9.73. The fraction of sp³-hybridized carbons (Fsp3) is 0.417. The molecule has 1 rings (SSSR count). The first-order chi connectivity index (χ1) is 8.04. The molecule has 0 unspecified atom stereocenters. The molecule has 5 nitrogen and oxygen atoms in total. The summed E-state index contributed by atoms with van der Waals surface area (Å²) in [7, 11) is 0. The molecule has 0 bridgehead atoms. The number of aryl methyl sites for hydroxylation is 1. The second-order valence-electron chi connectivity index (χ2n) is 4.06. The molecule has 1 atom stereocenters. The van der Waals surface area contributed by atoms with E-state index in [1.807, 2.05) is 0 Å². The third-order valence-corrected chi connectivity index (χ3v) is 2.65. The van der Waals surface area contributed by atoms with Gasteiger partial charge in [0, 0.05) is 0 Å². The predicted octanol–water partition coefficient (Wildman–Crippen LogP) is -0.361. The number of carbonyl (C=O) groups is 1. The van der Waals surface area contributed by atoms with Crippen LogP contribution in [0.15, 0.2) is 18.2 Å². The minimum Gasteiger partial charge on any atom is -0.508 e. The molecule has 0 heterocycles. The fourth-order valence-corrected chi connectivity index (χ4v) is 1.67. The first kappa shape index (κ1) is 13.5. The molecule has 1 aromatic rings. The Bertz CT molecular complexity index is 393. The van der Waals surface area contributed by atoms with Crippen molar-refractivity contribution < 1.29 is 9.90 Å². The van der Waals surface area contributed by atoms with E-state index in [-0.39, 0.29) is 5.75 Å². The van der Waals surface area contributed by atoms with Crippen LogP contribution in [0.1, 0.15) is 17.5 Å². The summed E-state index contributed by atoms with van der Waals surface area (Å²) in [5.74, 6) is -0.323. The highest BCUT2D eigenvalue weighted by molar-refractivity contribution is 5.79. The number of amides is 1. The summed E-state index contributed by atoms with van der Waals surface area (Å²) in [5, 5.41) is 9.43. The zero-order chi connectivity index (χ0) is 12.8. The third-order valence-electron chi connectivity index (χ3n) is 2.65. The Morgan fingerprint density at radius 3 is 2.65 bits per heavy atom. The van der Waals surface area contributed by atoms with Gasteiger partial charge in [-0.05, 0) is 49.1 Å². The van der Waals surface area contributed by atoms with E-state index in [1.54, 1.807) is 18.2 Å². The van der Waals surface area contributed by atoms with Crippen molar-refractivity contribution in [2.45, 2.75) is 25.3 Å². The molecule has 5 heteroatoms. The molecule has 17 heavy (non-hydrogen) atoms. The zero-order valence-electron chi connectivity index (χ0n) is 9.73. The molecule has 0 aliphatic rings. The number of carbonyl (C=O) groups excluding carboxylic acids is 1. The molecule has 0 fully saturated rings. The molecule has 1 amide bonds. The number of primary amides is 1. The molecule has 0 aromatic heterocycles. The minimum atomic E-state index is -0.698. The van der Waals surface area contributed by atoms with E-state index in [1.165, 1.54) is 0 Å². The summed E-state index contributed by atoms with van der Waals surface area (Å²) in [6.45, 7) is 0.580. The molecule has 0 saturated heterocycles. The van der Waals surface area contributed by atoms with Crippen molar-refractivity contribution in [2.75, 3.05) is 6.54 Å². The van der Waals surface area contributed by atoms with Crippen molar-refractivity contribution in [3.05, 3.63) is 29.3 Å². The van der Waals surface area contributed by atoms with Gasteiger partial charge >= 0.3 is 0 Å². The summed E-state index contributed by atoms with van der Waals surface area (Å²) in [4.78, 5) is 10.9. The lowest BCUT2D eigenvalue weighted by Gasteiger charge is -2.12. The quantitative estimate of drug-likeness (QED) is 0.540. The summed E-state index contributed by atoms with van der Waals surface area (Å²) in [5.41, 5.74) is 18.1. The van der Waals surface area contributed by atoms with E-state index in [4.69, 9.17) is 17.2 Å². The molecular weight excluding hydrogens is 218 g/mol. The van der Waals surface area contributed by atoms with E-state index < -0.39 is 11.9 Å². The molecular formula is C12H19N3O2. The van der Waals surface area contributed by atoms with Crippen molar-refractivity contribution in [3.63, 3.8) is 0 Å². The van der Waals surface area contributed by atoms with Gasteiger partial charge in [0.1, 0.15) is 5.75 Å². The highest BCUT2D eigenvalue weighted by atomic mass is 16.3. The van der Waals surface area contributed by atoms with Gasteiger partial charge in [0.2, 0.25) is 5.91 Å². The van der Waals surface area contributed by atoms with Crippen LogP contribution in [0.25, 0.3) is 0 Å². The Hall–Kier alpha value is -1.59. The van der Waals surface area contributed by atoms with Gasteiger partial charge in [-0.25, -0.2) is 0 Å². The summed E-state index contributed by atoms with van der Waals surface area (Å²) in [6.07, 6.45) is 1.96. The van der Waals surface area contributed by atoms with E-state index in [2.05, 4.69) is 0 Å². The first-order valence-corrected chi connectivity index (χ1v) is 5.60. The van der Waals surface area contributed by atoms with Crippen LogP contribution in [-0.4, -0.2) is 23.6 Å². The van der Waals surface area contributed by atoms with Crippen LogP contribution in [0.4, 0.5) is 0 Å².